The van der Waals surface area contributed by atoms with E-state index in [0.29, 0.717) is 0 Å². The molecule has 0 unspecified atom stereocenters. The monoisotopic (exact) mass is 421 g/mol. The summed E-state index contributed by atoms with van der Waals surface area (Å²) >= 11 is 3.19. The number of hydrogen-bond donors (Lipinski definition) is 2. The predicted molar refractivity (Wildman–Crippen MR) is 121 cm³/mol. The second-order valence-corrected chi connectivity index (χ2v) is 8.36. The second kappa shape index (κ2) is 7.81. The minimum absolute atomic E-state index is 0.795. The van der Waals surface area contributed by atoms with E-state index in [1.807, 2.05) is 17.5 Å². The van der Waals surface area contributed by atoms with Crippen LogP contribution in [0.15, 0.2) is 52.2 Å². The third kappa shape index (κ3) is 3.81. The molecule has 29 heavy (non-hydrogen) atoms. The Bertz CT molecular complexity index is 1200. The molecule has 2 aromatic carbocycles. The van der Waals surface area contributed by atoms with Crippen molar-refractivity contribution in [1.82, 2.24) is 15.3 Å². The molecular weight excluding hydrogens is 402 g/mol. The zero-order chi connectivity index (χ0) is 19.6. The number of thiazole rings is 2. The van der Waals surface area contributed by atoms with E-state index < -0.39 is 0 Å². The van der Waals surface area contributed by atoms with Crippen molar-refractivity contribution in [3.63, 3.8) is 0 Å². The molecule has 146 valence electrons. The van der Waals surface area contributed by atoms with Crippen molar-refractivity contribution in [2.24, 2.45) is 4.99 Å². The van der Waals surface area contributed by atoms with Crippen molar-refractivity contribution in [2.75, 3.05) is 25.5 Å². The number of guanidine groups is 1. The molecular formula is C21H19N5OS2. The number of methoxy groups -OCH3 is 1. The number of aromatic nitrogens is 2. The lowest BCUT2D eigenvalue weighted by Crippen LogP contribution is -2.35. The SMILES string of the molecule is COc1ccc2cc(-c3nc(-c4csc(NC5=NCCCN5)n4)cs3)ccc2c1. The van der Waals surface area contributed by atoms with Crippen molar-refractivity contribution in [3.05, 3.63) is 47.2 Å². The van der Waals surface area contributed by atoms with Crippen LogP contribution in [-0.2, 0) is 0 Å². The van der Waals surface area contributed by atoms with Crippen LogP contribution in [0.4, 0.5) is 5.13 Å². The van der Waals surface area contributed by atoms with E-state index in [0.717, 1.165) is 63.7 Å². The highest BCUT2D eigenvalue weighted by molar-refractivity contribution is 7.14. The molecule has 1 aliphatic rings. The summed E-state index contributed by atoms with van der Waals surface area (Å²) in [6.45, 7) is 1.79. The van der Waals surface area contributed by atoms with E-state index in [-0.39, 0.29) is 0 Å². The van der Waals surface area contributed by atoms with E-state index in [9.17, 15) is 0 Å². The van der Waals surface area contributed by atoms with Gasteiger partial charge in [0.25, 0.3) is 0 Å². The average molecular weight is 422 g/mol. The van der Waals surface area contributed by atoms with Gasteiger partial charge in [-0.2, -0.15) is 0 Å². The Kier molecular flexibility index (Phi) is 4.87. The molecule has 0 amide bonds. The predicted octanol–water partition coefficient (Wildman–Crippen LogP) is 4.86. The van der Waals surface area contributed by atoms with Crippen molar-refractivity contribution in [3.8, 4) is 27.7 Å². The minimum atomic E-state index is 0.795. The van der Waals surface area contributed by atoms with E-state index >= 15 is 0 Å². The van der Waals surface area contributed by atoms with Crippen molar-refractivity contribution >= 4 is 44.5 Å². The lowest BCUT2D eigenvalue weighted by molar-refractivity contribution is 0.415. The molecule has 1 aliphatic heterocycles. The first-order chi connectivity index (χ1) is 14.3. The first-order valence-corrected chi connectivity index (χ1v) is 11.1. The zero-order valence-corrected chi connectivity index (χ0v) is 17.4. The number of fused-ring (bicyclic) bond motifs is 1. The Hall–Kier alpha value is -2.97. The van der Waals surface area contributed by atoms with Gasteiger partial charge < -0.3 is 15.4 Å². The molecule has 0 fully saturated rings. The fourth-order valence-corrected chi connectivity index (χ4v) is 4.69. The highest BCUT2D eigenvalue weighted by atomic mass is 32.1. The molecule has 3 heterocycles. The Morgan fingerprint density at radius 2 is 1.83 bits per heavy atom. The molecule has 0 saturated heterocycles. The van der Waals surface area contributed by atoms with Gasteiger partial charge in [0.05, 0.1) is 7.11 Å². The van der Waals surface area contributed by atoms with Crippen molar-refractivity contribution < 1.29 is 4.74 Å². The fraction of sp³-hybridized carbons (Fsp3) is 0.190. The van der Waals surface area contributed by atoms with Crippen LogP contribution in [-0.4, -0.2) is 36.1 Å². The van der Waals surface area contributed by atoms with Crippen molar-refractivity contribution in [1.29, 1.82) is 0 Å². The van der Waals surface area contributed by atoms with Gasteiger partial charge in [-0.3, -0.25) is 4.99 Å². The quantitative estimate of drug-likeness (QED) is 0.493. The summed E-state index contributed by atoms with van der Waals surface area (Å²) in [4.78, 5) is 13.9. The van der Waals surface area contributed by atoms with Gasteiger partial charge in [0.1, 0.15) is 22.1 Å². The van der Waals surface area contributed by atoms with Crippen LogP contribution >= 0.6 is 22.7 Å². The summed E-state index contributed by atoms with van der Waals surface area (Å²) in [5.74, 6) is 1.66. The van der Waals surface area contributed by atoms with Gasteiger partial charge in [-0.15, -0.1) is 22.7 Å². The summed E-state index contributed by atoms with van der Waals surface area (Å²) in [7, 11) is 1.69. The number of benzene rings is 2. The zero-order valence-electron chi connectivity index (χ0n) is 15.8. The Morgan fingerprint density at radius 1 is 1.00 bits per heavy atom. The van der Waals surface area contributed by atoms with Gasteiger partial charge >= 0.3 is 0 Å². The van der Waals surface area contributed by atoms with Gasteiger partial charge in [-0.05, 0) is 35.4 Å². The van der Waals surface area contributed by atoms with E-state index in [1.54, 1.807) is 29.8 Å². The number of aliphatic imine (C=N–C) groups is 1. The summed E-state index contributed by atoms with van der Waals surface area (Å²) in [5.41, 5.74) is 2.87. The van der Waals surface area contributed by atoms with Gasteiger partial charge in [-0.25, -0.2) is 9.97 Å². The van der Waals surface area contributed by atoms with Crippen molar-refractivity contribution in [2.45, 2.75) is 6.42 Å². The lowest BCUT2D eigenvalue weighted by Gasteiger charge is -2.13. The van der Waals surface area contributed by atoms with Crippen LogP contribution in [0.3, 0.4) is 0 Å². The second-order valence-electron chi connectivity index (χ2n) is 6.64. The Labute approximate surface area is 176 Å². The Morgan fingerprint density at radius 3 is 2.69 bits per heavy atom. The summed E-state index contributed by atoms with van der Waals surface area (Å²) < 4.78 is 5.31. The largest absolute Gasteiger partial charge is 0.497 e. The standard InChI is InChI=1S/C21H19N5OS2/c1-27-16-6-5-13-9-15(4-3-14(13)10-16)19-24-17(11-28-19)18-12-29-21(25-18)26-20-22-7-2-8-23-20/h3-6,9-12H,2,7-8H2,1H3,(H2,22,23,25,26). The maximum Gasteiger partial charge on any atom is 0.197 e. The summed E-state index contributed by atoms with van der Waals surface area (Å²) in [6, 6.07) is 12.5. The van der Waals surface area contributed by atoms with E-state index in [1.165, 1.54) is 5.39 Å². The lowest BCUT2D eigenvalue weighted by atomic mass is 10.1. The third-order valence-electron chi connectivity index (χ3n) is 4.69. The van der Waals surface area contributed by atoms with E-state index in [2.05, 4.69) is 50.3 Å². The molecule has 0 saturated carbocycles. The molecule has 0 atom stereocenters. The number of anilines is 1. The molecule has 0 bridgehead atoms. The van der Waals surface area contributed by atoms with E-state index in [4.69, 9.17) is 9.72 Å². The average Bonchev–Trinajstić information content (AvgIpc) is 3.43. The van der Waals surface area contributed by atoms with Gasteiger partial charge in [0.15, 0.2) is 11.1 Å². The number of rotatable bonds is 4. The number of ether oxygens (including phenoxy) is 1. The number of nitrogens with zero attached hydrogens (tertiary/aromatic N) is 3. The first kappa shape index (κ1) is 18.1. The molecule has 2 aromatic heterocycles. The molecule has 4 aromatic rings. The van der Waals surface area contributed by atoms with Crippen LogP contribution in [0.25, 0.3) is 32.7 Å². The van der Waals surface area contributed by atoms with Crippen LogP contribution < -0.4 is 15.4 Å². The normalized spacial score (nSPS) is 13.8. The molecule has 5 rings (SSSR count). The smallest absolute Gasteiger partial charge is 0.197 e. The van der Waals surface area contributed by atoms with Crippen LogP contribution in [0.5, 0.6) is 5.75 Å². The molecule has 0 aliphatic carbocycles. The van der Waals surface area contributed by atoms with Gasteiger partial charge in [0, 0.05) is 29.4 Å². The topological polar surface area (TPSA) is 71.4 Å². The van der Waals surface area contributed by atoms with Crippen LogP contribution in [0.1, 0.15) is 6.42 Å². The number of nitrogens with one attached hydrogen (secondary N) is 2. The maximum absolute atomic E-state index is 5.31. The fourth-order valence-electron chi connectivity index (χ4n) is 3.17. The first-order valence-electron chi connectivity index (χ1n) is 9.33. The minimum Gasteiger partial charge on any atom is -0.497 e. The van der Waals surface area contributed by atoms with Crippen LogP contribution in [0.2, 0.25) is 0 Å². The molecule has 0 radical (unpaired) electrons. The molecule has 2 N–H and O–H groups in total. The highest BCUT2D eigenvalue weighted by Crippen LogP contribution is 2.32. The third-order valence-corrected chi connectivity index (χ3v) is 6.34. The summed E-state index contributed by atoms with van der Waals surface area (Å²) in [5, 5.41) is 14.7. The maximum atomic E-state index is 5.31. The number of hydrogen-bond acceptors (Lipinski definition) is 8. The molecule has 6 nitrogen and oxygen atoms in total. The van der Waals surface area contributed by atoms with Gasteiger partial charge in [0.2, 0.25) is 0 Å². The highest BCUT2D eigenvalue weighted by Gasteiger charge is 2.12. The van der Waals surface area contributed by atoms with Gasteiger partial charge in [-0.1, -0.05) is 18.2 Å². The summed E-state index contributed by atoms with van der Waals surface area (Å²) in [6.07, 6.45) is 1.07. The Balaban J connectivity index is 1.38. The molecule has 8 heteroatoms. The molecule has 0 spiro atoms. The van der Waals surface area contributed by atoms with Crippen LogP contribution in [0, 0.1) is 0 Å².